The number of nitrogens with zero attached hydrogens (tertiary/aromatic N) is 2. The maximum Gasteiger partial charge on any atom is 0.256 e. The van der Waals surface area contributed by atoms with Crippen LogP contribution in [0.3, 0.4) is 0 Å². The summed E-state index contributed by atoms with van der Waals surface area (Å²) in [6.07, 6.45) is 2.65. The van der Waals surface area contributed by atoms with E-state index >= 15 is 0 Å². The molecule has 1 aromatic carbocycles. The van der Waals surface area contributed by atoms with Gasteiger partial charge in [-0.3, -0.25) is 9.59 Å². The summed E-state index contributed by atoms with van der Waals surface area (Å²) in [5.74, 6) is 0.628. The average Bonchev–Trinajstić information content (AvgIpc) is 2.93. The molecule has 112 valence electrons. The van der Waals surface area contributed by atoms with Crippen molar-refractivity contribution < 1.29 is 9.59 Å². The van der Waals surface area contributed by atoms with Gasteiger partial charge < -0.3 is 9.80 Å². The number of hydrogen-bond donors (Lipinski definition) is 0. The van der Waals surface area contributed by atoms with E-state index in [4.69, 9.17) is 0 Å². The first kappa shape index (κ1) is 14.1. The highest BCUT2D eigenvalue weighted by atomic mass is 16.2. The number of amides is 2. The molecule has 0 spiro atoms. The lowest BCUT2D eigenvalue weighted by Crippen LogP contribution is -2.45. The van der Waals surface area contributed by atoms with E-state index in [1.807, 2.05) is 29.2 Å². The maximum atomic E-state index is 12.9. The van der Waals surface area contributed by atoms with Crippen molar-refractivity contribution in [2.75, 3.05) is 18.0 Å². The zero-order valence-corrected chi connectivity index (χ0v) is 12.7. The third-order valence-corrected chi connectivity index (χ3v) is 4.42. The third-order valence-electron chi connectivity index (χ3n) is 4.42. The van der Waals surface area contributed by atoms with Gasteiger partial charge in [-0.25, -0.2) is 0 Å². The lowest BCUT2D eigenvalue weighted by atomic mass is 10.1. The Morgan fingerprint density at radius 2 is 2.00 bits per heavy atom. The highest BCUT2D eigenvalue weighted by Gasteiger charge is 2.41. The van der Waals surface area contributed by atoms with Crippen LogP contribution in [0.4, 0.5) is 5.69 Å². The van der Waals surface area contributed by atoms with Crippen LogP contribution in [0.2, 0.25) is 0 Å². The fourth-order valence-corrected chi connectivity index (χ4v) is 3.23. The summed E-state index contributed by atoms with van der Waals surface area (Å²) in [6, 6.07) is 7.25. The van der Waals surface area contributed by atoms with E-state index in [9.17, 15) is 9.59 Å². The second-order valence-corrected chi connectivity index (χ2v) is 6.35. The van der Waals surface area contributed by atoms with Crippen LogP contribution in [0.25, 0.3) is 0 Å². The fraction of sp³-hybridized carbons (Fsp3) is 0.529. The van der Waals surface area contributed by atoms with Crippen molar-refractivity contribution in [3.8, 4) is 0 Å². The van der Waals surface area contributed by atoms with E-state index in [0.29, 0.717) is 24.6 Å². The minimum absolute atomic E-state index is 0.00787. The van der Waals surface area contributed by atoms with Crippen LogP contribution in [0.1, 0.15) is 43.5 Å². The van der Waals surface area contributed by atoms with E-state index in [2.05, 4.69) is 13.8 Å². The molecule has 1 saturated heterocycles. The van der Waals surface area contributed by atoms with Gasteiger partial charge in [-0.05, 0) is 37.3 Å². The van der Waals surface area contributed by atoms with Crippen molar-refractivity contribution in [2.45, 2.75) is 39.2 Å². The molecule has 2 aliphatic heterocycles. The largest absolute Gasteiger partial charge is 0.327 e. The SMILES string of the molecule is CC(C)CCN1C(=O)[C@@H]2CCCN2C(=O)c2ccccc21. The molecule has 4 heteroatoms. The molecule has 0 radical (unpaired) electrons. The highest BCUT2D eigenvalue weighted by molar-refractivity contribution is 6.11. The zero-order chi connectivity index (χ0) is 15.0. The Morgan fingerprint density at radius 3 is 2.76 bits per heavy atom. The molecular weight excluding hydrogens is 264 g/mol. The molecule has 2 amide bonds. The Morgan fingerprint density at radius 1 is 1.24 bits per heavy atom. The molecule has 3 rings (SSSR count). The van der Waals surface area contributed by atoms with Crippen molar-refractivity contribution >= 4 is 17.5 Å². The summed E-state index contributed by atoms with van der Waals surface area (Å²) >= 11 is 0. The van der Waals surface area contributed by atoms with Gasteiger partial charge in [0.2, 0.25) is 5.91 Å². The van der Waals surface area contributed by atoms with Gasteiger partial charge in [-0.15, -0.1) is 0 Å². The van der Waals surface area contributed by atoms with Crippen molar-refractivity contribution in [3.05, 3.63) is 29.8 Å². The topological polar surface area (TPSA) is 40.6 Å². The quantitative estimate of drug-likeness (QED) is 0.857. The molecule has 2 heterocycles. The summed E-state index contributed by atoms with van der Waals surface area (Å²) in [5, 5.41) is 0. The second kappa shape index (κ2) is 5.51. The summed E-state index contributed by atoms with van der Waals surface area (Å²) in [7, 11) is 0. The molecule has 1 atom stereocenters. The first-order valence-electron chi connectivity index (χ1n) is 7.81. The Kier molecular flexibility index (Phi) is 3.70. The van der Waals surface area contributed by atoms with Crippen molar-refractivity contribution in [3.63, 3.8) is 0 Å². The predicted octanol–water partition coefficient (Wildman–Crippen LogP) is 2.68. The summed E-state index contributed by atoms with van der Waals surface area (Å²) in [6.45, 7) is 5.69. The minimum atomic E-state index is -0.267. The van der Waals surface area contributed by atoms with E-state index in [0.717, 1.165) is 24.9 Å². The molecule has 1 aromatic rings. The molecule has 1 fully saturated rings. The van der Waals surface area contributed by atoms with Gasteiger partial charge >= 0.3 is 0 Å². The molecule has 0 unspecified atom stereocenters. The minimum Gasteiger partial charge on any atom is -0.327 e. The van der Waals surface area contributed by atoms with Crippen molar-refractivity contribution in [2.24, 2.45) is 5.92 Å². The summed E-state index contributed by atoms with van der Waals surface area (Å²) < 4.78 is 0. The zero-order valence-electron chi connectivity index (χ0n) is 12.7. The van der Waals surface area contributed by atoms with Gasteiger partial charge in [0.25, 0.3) is 5.91 Å². The third kappa shape index (κ3) is 2.43. The molecule has 0 aromatic heterocycles. The molecule has 4 nitrogen and oxygen atoms in total. The molecule has 21 heavy (non-hydrogen) atoms. The number of hydrogen-bond acceptors (Lipinski definition) is 2. The van der Waals surface area contributed by atoms with Gasteiger partial charge in [0.05, 0.1) is 11.3 Å². The van der Waals surface area contributed by atoms with Gasteiger partial charge in [0.15, 0.2) is 0 Å². The van der Waals surface area contributed by atoms with E-state index in [1.165, 1.54) is 0 Å². The van der Waals surface area contributed by atoms with Gasteiger partial charge in [-0.2, -0.15) is 0 Å². The normalized spacial score (nSPS) is 21.6. The van der Waals surface area contributed by atoms with Gasteiger partial charge in [0.1, 0.15) is 6.04 Å². The van der Waals surface area contributed by atoms with Crippen LogP contribution in [0, 0.1) is 5.92 Å². The van der Waals surface area contributed by atoms with Crippen LogP contribution in [-0.2, 0) is 4.79 Å². The fourth-order valence-electron chi connectivity index (χ4n) is 3.23. The lowest BCUT2D eigenvalue weighted by molar-refractivity contribution is -0.122. The smallest absolute Gasteiger partial charge is 0.256 e. The van der Waals surface area contributed by atoms with E-state index in [1.54, 1.807) is 4.90 Å². The van der Waals surface area contributed by atoms with Gasteiger partial charge in [0, 0.05) is 13.1 Å². The monoisotopic (exact) mass is 286 g/mol. The lowest BCUT2D eigenvalue weighted by Gasteiger charge is -2.26. The first-order chi connectivity index (χ1) is 10.1. The molecule has 2 aliphatic rings. The number of anilines is 1. The molecular formula is C17H22N2O2. The molecule has 0 N–H and O–H groups in total. The Labute approximate surface area is 125 Å². The van der Waals surface area contributed by atoms with Crippen molar-refractivity contribution in [1.29, 1.82) is 0 Å². The van der Waals surface area contributed by atoms with Crippen molar-refractivity contribution in [1.82, 2.24) is 4.90 Å². The number of carbonyl (C=O) groups is 2. The summed E-state index contributed by atoms with van der Waals surface area (Å²) in [5.41, 5.74) is 1.45. The Hall–Kier alpha value is -1.84. The Balaban J connectivity index is 2.02. The standard InChI is InChI=1S/C17H22N2O2/c1-12(2)9-11-19-14-7-4-3-6-13(14)16(20)18-10-5-8-15(18)17(19)21/h3-4,6-7,12,15H,5,8-11H2,1-2H3/t15-/m0/s1. The number of para-hydroxylation sites is 1. The first-order valence-corrected chi connectivity index (χ1v) is 7.81. The van der Waals surface area contributed by atoms with Gasteiger partial charge in [-0.1, -0.05) is 26.0 Å². The van der Waals surface area contributed by atoms with Crippen LogP contribution >= 0.6 is 0 Å². The predicted molar refractivity (Wildman–Crippen MR) is 82.3 cm³/mol. The van der Waals surface area contributed by atoms with E-state index in [-0.39, 0.29) is 17.9 Å². The van der Waals surface area contributed by atoms with E-state index < -0.39 is 0 Å². The molecule has 0 saturated carbocycles. The average molecular weight is 286 g/mol. The number of carbonyl (C=O) groups excluding carboxylic acids is 2. The van der Waals surface area contributed by atoms with Crippen LogP contribution in [0.5, 0.6) is 0 Å². The highest BCUT2D eigenvalue weighted by Crippen LogP contribution is 2.32. The number of rotatable bonds is 3. The number of benzene rings is 1. The molecule has 0 aliphatic carbocycles. The van der Waals surface area contributed by atoms with Crippen LogP contribution in [0.15, 0.2) is 24.3 Å². The molecule has 0 bridgehead atoms. The maximum absolute atomic E-state index is 12.9. The second-order valence-electron chi connectivity index (χ2n) is 6.35. The van der Waals surface area contributed by atoms with Crippen LogP contribution < -0.4 is 4.90 Å². The van der Waals surface area contributed by atoms with Crippen LogP contribution in [-0.4, -0.2) is 35.8 Å². The number of fused-ring (bicyclic) bond motifs is 2. The Bertz CT molecular complexity index is 568. The summed E-state index contributed by atoms with van der Waals surface area (Å²) in [4.78, 5) is 29.2.